The summed E-state index contributed by atoms with van der Waals surface area (Å²) in [6.07, 6.45) is 1.17. The van der Waals surface area contributed by atoms with Crippen LogP contribution in [0.2, 0.25) is 0 Å². The van der Waals surface area contributed by atoms with Crippen molar-refractivity contribution in [1.29, 1.82) is 0 Å². The number of carbonyl (C=O) groups is 1. The van der Waals surface area contributed by atoms with E-state index in [1.54, 1.807) is 11.8 Å². The molecule has 1 rings (SSSR count). The summed E-state index contributed by atoms with van der Waals surface area (Å²) in [5.41, 5.74) is 0.803. The first-order chi connectivity index (χ1) is 8.04. The lowest BCUT2D eigenvalue weighted by atomic mass is 10.1. The van der Waals surface area contributed by atoms with Crippen molar-refractivity contribution >= 4 is 33.5 Å². The molecule has 3 heteroatoms. The highest BCUT2D eigenvalue weighted by Crippen LogP contribution is 2.21. The van der Waals surface area contributed by atoms with E-state index in [1.807, 2.05) is 31.2 Å². The molecule has 0 N–H and O–H groups in total. The first-order valence-electron chi connectivity index (χ1n) is 5.96. The fourth-order valence-corrected chi connectivity index (χ4v) is 2.76. The van der Waals surface area contributed by atoms with E-state index >= 15 is 0 Å². The monoisotopic (exact) mass is 314 g/mol. The van der Waals surface area contributed by atoms with Gasteiger partial charge in [0.1, 0.15) is 0 Å². The highest BCUT2D eigenvalue weighted by molar-refractivity contribution is 9.10. The maximum absolute atomic E-state index is 12.1. The SMILES string of the molecule is CCC(C)CSC(C)C(=O)c1ccc(Br)cc1. The number of carbonyl (C=O) groups excluding carboxylic acids is 1. The lowest BCUT2D eigenvalue weighted by Gasteiger charge is -2.13. The zero-order valence-corrected chi connectivity index (χ0v) is 13.0. The normalized spacial score (nSPS) is 14.4. The molecule has 0 saturated heterocycles. The molecule has 0 amide bonds. The van der Waals surface area contributed by atoms with Crippen molar-refractivity contribution in [2.45, 2.75) is 32.4 Å². The molecule has 0 aliphatic heterocycles. The third-order valence-electron chi connectivity index (χ3n) is 2.83. The summed E-state index contributed by atoms with van der Waals surface area (Å²) in [6, 6.07) is 7.60. The van der Waals surface area contributed by atoms with Gasteiger partial charge < -0.3 is 0 Å². The van der Waals surface area contributed by atoms with Crippen LogP contribution in [0.5, 0.6) is 0 Å². The summed E-state index contributed by atoms with van der Waals surface area (Å²) in [7, 11) is 0. The molecule has 94 valence electrons. The molecule has 0 bridgehead atoms. The van der Waals surface area contributed by atoms with E-state index in [0.29, 0.717) is 5.92 Å². The lowest BCUT2D eigenvalue weighted by Crippen LogP contribution is -2.15. The maximum atomic E-state index is 12.1. The van der Waals surface area contributed by atoms with E-state index in [1.165, 1.54) is 6.42 Å². The molecule has 0 saturated carbocycles. The van der Waals surface area contributed by atoms with Crippen LogP contribution in [0.1, 0.15) is 37.6 Å². The van der Waals surface area contributed by atoms with E-state index in [-0.39, 0.29) is 11.0 Å². The molecule has 17 heavy (non-hydrogen) atoms. The van der Waals surface area contributed by atoms with Crippen molar-refractivity contribution in [1.82, 2.24) is 0 Å². The Balaban J connectivity index is 2.54. The summed E-state index contributed by atoms with van der Waals surface area (Å²) >= 11 is 5.13. The number of hydrogen-bond donors (Lipinski definition) is 0. The van der Waals surface area contributed by atoms with Crippen molar-refractivity contribution in [2.24, 2.45) is 5.92 Å². The van der Waals surface area contributed by atoms with Crippen LogP contribution in [0.4, 0.5) is 0 Å². The van der Waals surface area contributed by atoms with Crippen LogP contribution < -0.4 is 0 Å². The smallest absolute Gasteiger partial charge is 0.175 e. The number of benzene rings is 1. The lowest BCUT2D eigenvalue weighted by molar-refractivity contribution is 0.0994. The van der Waals surface area contributed by atoms with E-state index in [4.69, 9.17) is 0 Å². The van der Waals surface area contributed by atoms with Crippen molar-refractivity contribution in [2.75, 3.05) is 5.75 Å². The first kappa shape index (κ1) is 14.8. The zero-order chi connectivity index (χ0) is 12.8. The summed E-state index contributed by atoms with van der Waals surface area (Å²) in [5, 5.41) is 0.0465. The van der Waals surface area contributed by atoms with Gasteiger partial charge in [-0.25, -0.2) is 0 Å². The van der Waals surface area contributed by atoms with E-state index in [0.717, 1.165) is 15.8 Å². The van der Waals surface area contributed by atoms with Gasteiger partial charge in [-0.2, -0.15) is 11.8 Å². The van der Waals surface area contributed by atoms with Crippen LogP contribution in [0.3, 0.4) is 0 Å². The number of Topliss-reactive ketones (excluding diaryl/α,β-unsaturated/α-hetero) is 1. The molecule has 1 nitrogen and oxygen atoms in total. The number of hydrogen-bond acceptors (Lipinski definition) is 2. The van der Waals surface area contributed by atoms with Gasteiger partial charge in [0.2, 0.25) is 0 Å². The predicted octanol–water partition coefficient (Wildman–Crippen LogP) is 4.80. The minimum atomic E-state index is 0.0465. The van der Waals surface area contributed by atoms with Crippen LogP contribution in [-0.4, -0.2) is 16.8 Å². The topological polar surface area (TPSA) is 17.1 Å². The summed E-state index contributed by atoms with van der Waals surface area (Å²) in [4.78, 5) is 12.1. The van der Waals surface area contributed by atoms with E-state index < -0.39 is 0 Å². The van der Waals surface area contributed by atoms with Gasteiger partial charge in [-0.1, -0.05) is 48.3 Å². The third-order valence-corrected chi connectivity index (χ3v) is 4.83. The Morgan fingerprint density at radius 3 is 2.41 bits per heavy atom. The van der Waals surface area contributed by atoms with Crippen LogP contribution >= 0.6 is 27.7 Å². The van der Waals surface area contributed by atoms with Crippen LogP contribution in [0, 0.1) is 5.92 Å². The molecule has 0 spiro atoms. The molecule has 0 fully saturated rings. The standard InChI is InChI=1S/C14H19BrOS/c1-4-10(2)9-17-11(3)14(16)12-5-7-13(15)8-6-12/h5-8,10-11H,4,9H2,1-3H3. The van der Waals surface area contributed by atoms with Gasteiger partial charge in [0.15, 0.2) is 5.78 Å². The van der Waals surface area contributed by atoms with Crippen molar-refractivity contribution in [3.8, 4) is 0 Å². The molecule has 0 aliphatic rings. The Hall–Kier alpha value is -0.280. The minimum absolute atomic E-state index is 0.0465. The van der Waals surface area contributed by atoms with Crippen LogP contribution in [0.15, 0.2) is 28.7 Å². The number of rotatable bonds is 6. The molecule has 0 radical (unpaired) electrons. The molecule has 2 unspecified atom stereocenters. The second-order valence-corrected chi connectivity index (χ2v) is 6.65. The van der Waals surface area contributed by atoms with Gasteiger partial charge in [-0.15, -0.1) is 0 Å². The molecule has 1 aromatic rings. The van der Waals surface area contributed by atoms with Gasteiger partial charge in [0, 0.05) is 10.0 Å². The Kier molecular flexibility index (Phi) is 6.28. The van der Waals surface area contributed by atoms with Gasteiger partial charge >= 0.3 is 0 Å². The molecule has 1 aromatic carbocycles. The minimum Gasteiger partial charge on any atom is -0.293 e. The van der Waals surface area contributed by atoms with Crippen molar-refractivity contribution < 1.29 is 4.79 Å². The van der Waals surface area contributed by atoms with Crippen molar-refractivity contribution in [3.05, 3.63) is 34.3 Å². The Morgan fingerprint density at radius 1 is 1.29 bits per heavy atom. The molecule has 2 atom stereocenters. The van der Waals surface area contributed by atoms with Gasteiger partial charge in [0.25, 0.3) is 0 Å². The number of ketones is 1. The average Bonchev–Trinajstić information content (AvgIpc) is 2.35. The summed E-state index contributed by atoms with van der Waals surface area (Å²) in [5.74, 6) is 1.96. The Labute approximate surface area is 117 Å². The molecular formula is C14H19BrOS. The van der Waals surface area contributed by atoms with E-state index in [2.05, 4.69) is 29.8 Å². The third kappa shape index (κ3) is 4.84. The maximum Gasteiger partial charge on any atom is 0.175 e. The van der Waals surface area contributed by atoms with Gasteiger partial charge in [-0.3, -0.25) is 4.79 Å². The first-order valence-corrected chi connectivity index (χ1v) is 7.80. The van der Waals surface area contributed by atoms with Gasteiger partial charge in [-0.05, 0) is 30.7 Å². The molecule has 0 heterocycles. The van der Waals surface area contributed by atoms with E-state index in [9.17, 15) is 4.79 Å². The predicted molar refractivity (Wildman–Crippen MR) is 79.8 cm³/mol. The largest absolute Gasteiger partial charge is 0.293 e. The highest BCUT2D eigenvalue weighted by atomic mass is 79.9. The zero-order valence-electron chi connectivity index (χ0n) is 10.6. The molecule has 0 aromatic heterocycles. The fraction of sp³-hybridized carbons (Fsp3) is 0.500. The quantitative estimate of drug-likeness (QED) is 0.701. The second-order valence-electron chi connectivity index (χ2n) is 4.36. The Bertz CT molecular complexity index is 361. The highest BCUT2D eigenvalue weighted by Gasteiger charge is 2.16. The Morgan fingerprint density at radius 2 is 1.88 bits per heavy atom. The fourth-order valence-electron chi connectivity index (χ4n) is 1.35. The van der Waals surface area contributed by atoms with Gasteiger partial charge in [0.05, 0.1) is 5.25 Å². The summed E-state index contributed by atoms with van der Waals surface area (Å²) in [6.45, 7) is 6.41. The molecular weight excluding hydrogens is 296 g/mol. The van der Waals surface area contributed by atoms with Crippen molar-refractivity contribution in [3.63, 3.8) is 0 Å². The summed E-state index contributed by atoms with van der Waals surface area (Å²) < 4.78 is 1.01. The number of thioether (sulfide) groups is 1. The average molecular weight is 315 g/mol. The second kappa shape index (κ2) is 7.22. The van der Waals surface area contributed by atoms with Crippen LogP contribution in [0.25, 0.3) is 0 Å². The molecule has 0 aliphatic carbocycles. The number of halogens is 1. The van der Waals surface area contributed by atoms with Crippen LogP contribution in [-0.2, 0) is 0 Å².